The number of rotatable bonds is 3. The summed E-state index contributed by atoms with van der Waals surface area (Å²) in [7, 11) is -3.57. The Kier molecular flexibility index (Phi) is 4.23. The molecule has 1 aromatic rings. The normalized spacial score (nSPS) is 30.8. The topological polar surface area (TPSA) is 75.3 Å². The smallest absolute Gasteiger partial charge is 0.240 e. The summed E-state index contributed by atoms with van der Waals surface area (Å²) in [6.07, 6.45) is 3.09. The maximum Gasteiger partial charge on any atom is 0.240 e. The number of anilines is 1. The highest BCUT2D eigenvalue weighted by atomic mass is 32.2. The summed E-state index contributed by atoms with van der Waals surface area (Å²) in [4.78, 5) is 12.0. The predicted molar refractivity (Wildman–Crippen MR) is 89.8 cm³/mol. The van der Waals surface area contributed by atoms with Crippen LogP contribution in [-0.4, -0.2) is 20.4 Å². The lowest BCUT2D eigenvalue weighted by Crippen LogP contribution is -2.43. The van der Waals surface area contributed by atoms with Crippen molar-refractivity contribution in [2.24, 2.45) is 11.8 Å². The molecule has 5 nitrogen and oxygen atoms in total. The summed E-state index contributed by atoms with van der Waals surface area (Å²) in [6.45, 7) is 6.08. The summed E-state index contributed by atoms with van der Waals surface area (Å²) < 4.78 is 28.3. The number of sulfonamides is 1. The molecule has 0 bridgehead atoms. The van der Waals surface area contributed by atoms with E-state index in [2.05, 4.69) is 23.9 Å². The average molecular weight is 336 g/mol. The van der Waals surface area contributed by atoms with Crippen LogP contribution >= 0.6 is 0 Å². The van der Waals surface area contributed by atoms with Gasteiger partial charge in [0.25, 0.3) is 0 Å². The number of carbonyl (C=O) groups excluding carboxylic acids is 1. The molecule has 1 heterocycles. The number of hydrogen-bond acceptors (Lipinski definition) is 3. The van der Waals surface area contributed by atoms with Crippen molar-refractivity contribution in [3.8, 4) is 0 Å². The van der Waals surface area contributed by atoms with E-state index in [9.17, 15) is 13.2 Å². The van der Waals surface area contributed by atoms with Crippen molar-refractivity contribution in [2.45, 2.75) is 56.9 Å². The Labute approximate surface area is 137 Å². The van der Waals surface area contributed by atoms with Crippen molar-refractivity contribution < 1.29 is 13.2 Å². The first kappa shape index (κ1) is 16.5. The Bertz CT molecular complexity index is 729. The van der Waals surface area contributed by atoms with Crippen molar-refractivity contribution in [1.82, 2.24) is 4.72 Å². The van der Waals surface area contributed by atoms with Gasteiger partial charge < -0.3 is 5.32 Å². The van der Waals surface area contributed by atoms with Gasteiger partial charge >= 0.3 is 0 Å². The van der Waals surface area contributed by atoms with Crippen LogP contribution in [0, 0.1) is 11.8 Å². The zero-order chi connectivity index (χ0) is 16.8. The fourth-order valence-corrected chi connectivity index (χ4v) is 4.97. The third-order valence-corrected chi connectivity index (χ3v) is 6.95. The van der Waals surface area contributed by atoms with Crippen LogP contribution in [0.25, 0.3) is 0 Å². The lowest BCUT2D eigenvalue weighted by molar-refractivity contribution is -0.116. The monoisotopic (exact) mass is 336 g/mol. The van der Waals surface area contributed by atoms with Crippen LogP contribution < -0.4 is 10.0 Å². The van der Waals surface area contributed by atoms with Gasteiger partial charge in [-0.3, -0.25) is 4.79 Å². The second-order valence-corrected chi connectivity index (χ2v) is 8.67. The first-order chi connectivity index (χ1) is 10.8. The minimum atomic E-state index is -3.57. The molecule has 1 amide bonds. The summed E-state index contributed by atoms with van der Waals surface area (Å²) >= 11 is 0. The third-order valence-electron chi connectivity index (χ3n) is 5.46. The quantitative estimate of drug-likeness (QED) is 0.891. The zero-order valence-electron chi connectivity index (χ0n) is 13.8. The number of nitrogens with one attached hydrogen (secondary N) is 2. The molecule has 2 aliphatic rings. The predicted octanol–water partition coefficient (Wildman–Crippen LogP) is 2.85. The Balaban J connectivity index is 1.85. The van der Waals surface area contributed by atoms with E-state index in [1.165, 1.54) is 0 Å². The van der Waals surface area contributed by atoms with Crippen LogP contribution in [0.2, 0.25) is 0 Å². The Morgan fingerprint density at radius 2 is 1.91 bits per heavy atom. The molecule has 1 aliphatic carbocycles. The first-order valence-electron chi connectivity index (χ1n) is 8.26. The van der Waals surface area contributed by atoms with E-state index in [0.717, 1.165) is 24.8 Å². The highest BCUT2D eigenvalue weighted by Crippen LogP contribution is 2.34. The number of amides is 1. The van der Waals surface area contributed by atoms with Crippen LogP contribution in [0.3, 0.4) is 0 Å². The van der Waals surface area contributed by atoms with E-state index >= 15 is 0 Å². The van der Waals surface area contributed by atoms with Crippen LogP contribution in [0.4, 0.5) is 5.69 Å². The first-order valence-corrected chi connectivity index (χ1v) is 9.75. The highest BCUT2D eigenvalue weighted by molar-refractivity contribution is 7.89. The van der Waals surface area contributed by atoms with Crippen molar-refractivity contribution in [3.63, 3.8) is 0 Å². The SMILES string of the molecule is C[C@H]1[C@@H](NS(=O)(=O)c2ccc3c(c2)[C@H](C)C(=O)N3)CCC[C@@H]1C. The van der Waals surface area contributed by atoms with Crippen molar-refractivity contribution in [1.29, 1.82) is 0 Å². The Hall–Kier alpha value is -1.40. The lowest BCUT2D eigenvalue weighted by atomic mass is 9.78. The number of hydrogen-bond donors (Lipinski definition) is 2. The van der Waals surface area contributed by atoms with Crippen molar-refractivity contribution >= 4 is 21.6 Å². The number of benzene rings is 1. The maximum absolute atomic E-state index is 12.7. The molecule has 4 atom stereocenters. The standard InChI is InChI=1S/C17H24N2O3S/c1-10-5-4-6-15(11(10)2)19-23(21,22)13-7-8-16-14(9-13)12(3)17(20)18-16/h7-12,15,19H,4-6H2,1-3H3,(H,18,20)/t10-,11+,12-,15-/m0/s1. The molecule has 0 saturated heterocycles. The van der Waals surface area contributed by atoms with Crippen LogP contribution in [0.15, 0.2) is 23.1 Å². The van der Waals surface area contributed by atoms with Crippen molar-refractivity contribution in [2.75, 3.05) is 5.32 Å². The van der Waals surface area contributed by atoms with Crippen LogP contribution in [-0.2, 0) is 14.8 Å². The molecular formula is C17H24N2O3S. The van der Waals surface area contributed by atoms with E-state index in [1.54, 1.807) is 25.1 Å². The van der Waals surface area contributed by atoms with E-state index in [0.29, 0.717) is 17.5 Å². The molecule has 1 fully saturated rings. The molecule has 126 valence electrons. The van der Waals surface area contributed by atoms with Crippen molar-refractivity contribution in [3.05, 3.63) is 23.8 Å². The second-order valence-electron chi connectivity index (χ2n) is 6.96. The van der Waals surface area contributed by atoms with Crippen LogP contribution in [0.5, 0.6) is 0 Å². The highest BCUT2D eigenvalue weighted by Gasteiger charge is 2.32. The molecule has 1 saturated carbocycles. The molecule has 0 radical (unpaired) electrons. The number of carbonyl (C=O) groups is 1. The Morgan fingerprint density at radius 1 is 1.17 bits per heavy atom. The molecule has 1 aliphatic heterocycles. The minimum Gasteiger partial charge on any atom is -0.325 e. The third kappa shape index (κ3) is 3.02. The molecule has 23 heavy (non-hydrogen) atoms. The van der Waals surface area contributed by atoms with E-state index in [4.69, 9.17) is 0 Å². The van der Waals surface area contributed by atoms with Gasteiger partial charge in [0.2, 0.25) is 15.9 Å². The second kappa shape index (κ2) is 5.91. The molecule has 0 unspecified atom stereocenters. The van der Waals surface area contributed by atoms with Gasteiger partial charge in [-0.2, -0.15) is 0 Å². The molecule has 1 aromatic carbocycles. The molecular weight excluding hydrogens is 312 g/mol. The average Bonchev–Trinajstić information content (AvgIpc) is 2.78. The summed E-state index contributed by atoms with van der Waals surface area (Å²) in [5.74, 6) is 0.458. The molecule has 6 heteroatoms. The van der Waals surface area contributed by atoms with Gasteiger partial charge in [0.1, 0.15) is 0 Å². The summed E-state index contributed by atoms with van der Waals surface area (Å²) in [5, 5.41) is 2.77. The largest absolute Gasteiger partial charge is 0.325 e. The Morgan fingerprint density at radius 3 is 2.65 bits per heavy atom. The van der Waals surface area contributed by atoms with Gasteiger partial charge in [0.15, 0.2) is 0 Å². The van der Waals surface area contributed by atoms with Gasteiger partial charge in [-0.15, -0.1) is 0 Å². The molecule has 0 aromatic heterocycles. The maximum atomic E-state index is 12.7. The van der Waals surface area contributed by atoms with Crippen LogP contribution in [0.1, 0.15) is 51.5 Å². The van der Waals surface area contributed by atoms with Gasteiger partial charge in [0, 0.05) is 11.7 Å². The van der Waals surface area contributed by atoms with E-state index < -0.39 is 10.0 Å². The van der Waals surface area contributed by atoms with Gasteiger partial charge in [-0.05, 0) is 48.9 Å². The molecule has 2 N–H and O–H groups in total. The fourth-order valence-electron chi connectivity index (χ4n) is 3.58. The number of fused-ring (bicyclic) bond motifs is 1. The summed E-state index contributed by atoms with van der Waals surface area (Å²) in [6, 6.07) is 4.85. The van der Waals surface area contributed by atoms with E-state index in [1.807, 2.05) is 0 Å². The minimum absolute atomic E-state index is 0.0193. The van der Waals surface area contributed by atoms with Gasteiger partial charge in [-0.1, -0.05) is 26.7 Å². The molecule has 0 spiro atoms. The summed E-state index contributed by atoms with van der Waals surface area (Å²) in [5.41, 5.74) is 1.46. The van der Waals surface area contributed by atoms with E-state index in [-0.39, 0.29) is 22.8 Å². The lowest BCUT2D eigenvalue weighted by Gasteiger charge is -2.34. The van der Waals surface area contributed by atoms with Gasteiger partial charge in [-0.25, -0.2) is 13.1 Å². The van der Waals surface area contributed by atoms with Gasteiger partial charge in [0.05, 0.1) is 10.8 Å². The molecule has 3 rings (SSSR count). The fraction of sp³-hybridized carbons (Fsp3) is 0.588. The zero-order valence-corrected chi connectivity index (χ0v) is 14.6.